The van der Waals surface area contributed by atoms with Crippen molar-refractivity contribution in [2.45, 2.75) is 211 Å². The minimum absolute atomic E-state index is 0. The van der Waals surface area contributed by atoms with Crippen molar-refractivity contribution in [3.63, 3.8) is 0 Å². The Kier molecular flexibility index (Phi) is 42.5. The van der Waals surface area contributed by atoms with Crippen molar-refractivity contribution < 1.29 is 366 Å². The summed E-state index contributed by atoms with van der Waals surface area (Å²) in [5.41, 5.74) is 19.0. The molecule has 0 spiro atoms. The number of benzene rings is 1. The Morgan fingerprint density at radius 2 is 0.755 bits per heavy atom. The SMILES string of the molecule is CC(C)O[C@@H]1O[C@@H](C(=O)[O-])[C@@H](O[C@H]2O[C@H](CO)[C@@H](O[C@@H]3O[C@@H](C(=O)[O-])[C@@H](O[C@H]4O[C@H](CO)[C@@H](O[C@@H]5O[C@@H](C(=O)[O-])[C@@H](O[C@H]6O[C@H](CO)[C@@H](O)[C@H](O)[C@H]6N)[C@H](O)[C@H]5OS(=O)(=O)[O-])[C@H](OCc5ccccc5)[C@H]4N)[C@H](O)[C@H]3OS(=O)(=O)[O-])[C@H](O)[C@H]2N)[C@H](O)[C@H]1OS(=O)(=O)[O-].[Na+].[Na+].[Na+].[Na+].[Na+].[Na+]. The number of aliphatic carboxylic acids is 3. The number of nitrogens with two attached hydrogens (primary N) is 3. The number of rotatable bonds is 27. The van der Waals surface area contributed by atoms with Gasteiger partial charge in [0.25, 0.3) is 0 Å². The van der Waals surface area contributed by atoms with E-state index >= 15 is 0 Å². The van der Waals surface area contributed by atoms with Crippen LogP contribution < -0.4 is 210 Å². The molecular weight excluding hydrogens is 1470 g/mol. The molecule has 6 aliphatic rings. The average molecular weight is 1530 g/mol. The Balaban J connectivity index is 0.00000800. The number of hydrogen-bond acceptors (Lipinski definition) is 43. The molecule has 0 aliphatic carbocycles. The summed E-state index contributed by atoms with van der Waals surface area (Å²) < 4.78 is 195. The second kappa shape index (κ2) is 42.4. The fourth-order valence-electron chi connectivity index (χ4n) is 10.5. The smallest absolute Gasteiger partial charge is 0.726 e. The van der Waals surface area contributed by atoms with Gasteiger partial charge in [-0.15, -0.1) is 0 Å². The number of carbonyl (C=O) groups excluding carboxylic acids is 3. The fraction of sp³-hybridized carbons (Fsp3) is 0.804. The summed E-state index contributed by atoms with van der Waals surface area (Å²) in [5.74, 6) is -6.85. The van der Waals surface area contributed by atoms with E-state index in [-0.39, 0.29) is 177 Å². The molecule has 1 aromatic carbocycles. The first-order valence-electron chi connectivity index (χ1n) is 27.1. The second-order valence-electron chi connectivity index (χ2n) is 21.4. The maximum atomic E-state index is 13.0. The van der Waals surface area contributed by atoms with Gasteiger partial charge in [0, 0.05) is 0 Å². The van der Waals surface area contributed by atoms with Gasteiger partial charge in [-0.2, -0.15) is 0 Å². The van der Waals surface area contributed by atoms with Crippen LogP contribution in [-0.2, 0) is 126 Å². The van der Waals surface area contributed by atoms with E-state index in [2.05, 4.69) is 12.5 Å². The summed E-state index contributed by atoms with van der Waals surface area (Å²) in [6.45, 7) is -1.52. The summed E-state index contributed by atoms with van der Waals surface area (Å²) in [7, 11) is -17.9. The van der Waals surface area contributed by atoms with Crippen LogP contribution in [-0.4, -0.2) is 313 Å². The van der Waals surface area contributed by atoms with E-state index in [1.165, 1.54) is 38.1 Å². The number of ether oxygens (including phenoxy) is 13. The number of aliphatic hydroxyl groups is 9. The third-order valence-electron chi connectivity index (χ3n) is 14.8. The van der Waals surface area contributed by atoms with E-state index in [0.717, 1.165) is 0 Å². The Morgan fingerprint density at radius 1 is 0.429 bits per heavy atom. The molecule has 30 atom stereocenters. The van der Waals surface area contributed by atoms with Crippen LogP contribution in [0.25, 0.3) is 0 Å². The number of carboxylic acids is 3. The van der Waals surface area contributed by atoms with Crippen LogP contribution >= 0.6 is 0 Å². The van der Waals surface area contributed by atoms with Crippen LogP contribution in [0.2, 0.25) is 0 Å². The second-order valence-corrected chi connectivity index (χ2v) is 24.5. The Labute approximate surface area is 690 Å². The zero-order chi connectivity index (χ0) is 68.4. The first kappa shape index (κ1) is 98.2. The molecule has 1 aromatic rings. The Bertz CT molecular complexity index is 2990. The van der Waals surface area contributed by atoms with Gasteiger partial charge in [-0.05, 0) is 19.4 Å². The summed E-state index contributed by atoms with van der Waals surface area (Å²) >= 11 is 0. The van der Waals surface area contributed by atoms with E-state index in [4.69, 9.17) is 78.8 Å². The molecule has 15 N–H and O–H groups in total. The van der Waals surface area contributed by atoms with Gasteiger partial charge >= 0.3 is 177 Å². The number of carbonyl (C=O) groups is 3. The largest absolute Gasteiger partial charge is 1.00 e. The molecule has 0 radical (unpaired) electrons. The van der Waals surface area contributed by atoms with Gasteiger partial charge < -0.3 is 168 Å². The van der Waals surface area contributed by atoms with Crippen molar-refractivity contribution in [3.05, 3.63) is 35.9 Å². The molecule has 6 saturated heterocycles. The van der Waals surface area contributed by atoms with Crippen LogP contribution in [0.4, 0.5) is 0 Å². The van der Waals surface area contributed by atoms with E-state index in [1.807, 2.05) is 0 Å². The molecule has 98 heavy (non-hydrogen) atoms. The normalized spacial score (nSPS) is 39.9. The Hall–Kier alpha value is 2.24. The fourth-order valence-corrected chi connectivity index (χ4v) is 12.0. The first-order valence-corrected chi connectivity index (χ1v) is 31.1. The van der Waals surface area contributed by atoms with Gasteiger partial charge in [0.15, 0.2) is 56.1 Å². The first-order chi connectivity index (χ1) is 42.9. The van der Waals surface area contributed by atoms with E-state index < -0.39 is 266 Å². The van der Waals surface area contributed by atoms with Gasteiger partial charge in [0.1, 0.15) is 110 Å². The van der Waals surface area contributed by atoms with Crippen molar-refractivity contribution in [3.8, 4) is 0 Å². The molecule has 43 nitrogen and oxygen atoms in total. The summed E-state index contributed by atoms with van der Waals surface area (Å²) in [5, 5.41) is 136. The summed E-state index contributed by atoms with van der Waals surface area (Å²) in [6, 6.07) is 1.57. The maximum absolute atomic E-state index is 13.0. The van der Waals surface area contributed by atoms with Crippen molar-refractivity contribution in [2.24, 2.45) is 17.2 Å². The third-order valence-corrected chi connectivity index (χ3v) is 16.2. The van der Waals surface area contributed by atoms with Crippen LogP contribution in [0, 0.1) is 0 Å². The molecular formula is C46H65N3Na6O40S3. The van der Waals surface area contributed by atoms with Crippen LogP contribution in [0.3, 0.4) is 0 Å². The van der Waals surface area contributed by atoms with Crippen LogP contribution in [0.5, 0.6) is 0 Å². The molecule has 528 valence electrons. The molecule has 6 fully saturated rings. The van der Waals surface area contributed by atoms with Gasteiger partial charge in [-0.25, -0.2) is 25.3 Å². The number of hydrogen-bond donors (Lipinski definition) is 12. The molecule has 0 amide bonds. The number of carboxylic acid groups (broad SMARTS) is 3. The van der Waals surface area contributed by atoms with E-state index in [9.17, 15) is 115 Å². The average Bonchev–Trinajstić information content (AvgIpc) is 0.773. The molecule has 0 aromatic heterocycles. The van der Waals surface area contributed by atoms with Gasteiger partial charge in [-0.3, -0.25) is 12.5 Å². The zero-order valence-corrected chi connectivity index (χ0v) is 67.7. The number of aliphatic hydroxyl groups excluding tert-OH is 9. The van der Waals surface area contributed by atoms with Crippen molar-refractivity contribution in [1.29, 1.82) is 0 Å². The van der Waals surface area contributed by atoms with Crippen molar-refractivity contribution >= 4 is 49.1 Å². The predicted octanol–water partition coefficient (Wildman–Crippen LogP) is -33.8. The minimum Gasteiger partial charge on any atom is -0.726 e. The van der Waals surface area contributed by atoms with E-state index in [0.29, 0.717) is 5.56 Å². The maximum Gasteiger partial charge on any atom is 1.00 e. The van der Waals surface area contributed by atoms with E-state index in [1.54, 1.807) is 6.07 Å². The zero-order valence-electron chi connectivity index (χ0n) is 53.3. The third kappa shape index (κ3) is 25.1. The summed E-state index contributed by atoms with van der Waals surface area (Å²) in [4.78, 5) is 38.0. The Morgan fingerprint density at radius 3 is 1.12 bits per heavy atom. The molecule has 6 aliphatic heterocycles. The monoisotopic (exact) mass is 1530 g/mol. The quantitative estimate of drug-likeness (QED) is 0.0221. The molecule has 7 rings (SSSR count). The molecule has 0 bridgehead atoms. The predicted molar refractivity (Wildman–Crippen MR) is 268 cm³/mol. The topological polar surface area (TPSA) is 700 Å². The van der Waals surface area contributed by atoms with Gasteiger partial charge in [0.2, 0.25) is 31.2 Å². The van der Waals surface area contributed by atoms with Gasteiger partial charge in [-0.1, -0.05) is 30.3 Å². The van der Waals surface area contributed by atoms with Crippen LogP contribution in [0.15, 0.2) is 30.3 Å². The molecule has 0 unspecified atom stereocenters. The minimum atomic E-state index is -6.13. The van der Waals surface area contributed by atoms with Crippen molar-refractivity contribution in [2.75, 3.05) is 19.8 Å². The van der Waals surface area contributed by atoms with Gasteiger partial charge in [0.05, 0.1) is 68.6 Å². The standard InChI is InChI=1S/C46H71N3O40S3.6Na/c1-12(2)75-44-32(87-90(65,66)67)23(56)29(35(84-44)38(59)60)82-42-18(48)22(55)26(15(9-51)77-42)79-45-33(88-91(68,69)70)25(58)31(37(85-45)40(63)64)83-43-19(49)28(74-11-13-6-4-3-5-7-13)27(16(10-52)78-43)80-46-34(89-92(71,72)73)24(57)30(36(86-46)39(61)62)81-41-17(47)21(54)20(53)14(8-50)76-41;;;;;;/h3-7,12,14-37,41-46,50-58H,8-11,47-49H2,1-2H3,(H,59,60)(H,61,62)(H,63,64)(H,65,66,67)(H,68,69,70)(H,71,72,73);;;;;;/q;6*+1/p-6/t14-,15-,16-,17-,18-,19-,20-,21-,22-,23+,24+,25+,26-,27-,28-,29+,30+,31+,32-,33-,34-,35-,36-,37-,41-,42-,43-,44-,45-,46-;;;;;;/m1....../s1. The van der Waals surface area contributed by atoms with Crippen molar-refractivity contribution in [1.82, 2.24) is 0 Å². The van der Waals surface area contributed by atoms with Crippen LogP contribution in [0.1, 0.15) is 19.4 Å². The summed E-state index contributed by atoms with van der Waals surface area (Å²) in [6.07, 6.45) is -65.1. The molecule has 52 heteroatoms. The molecule has 6 heterocycles. The molecule has 0 saturated carbocycles.